The highest BCUT2D eigenvalue weighted by Crippen LogP contribution is 2.38. The van der Waals surface area contributed by atoms with E-state index in [-0.39, 0.29) is 29.2 Å². The Kier molecular flexibility index (Phi) is 6.36. The van der Waals surface area contributed by atoms with E-state index >= 15 is 0 Å². The SMILES string of the molecule is CCCOc1ccc(Oc2c(C)cc(P(=O)(O)NO)cc2C)c(F)c1F. The van der Waals surface area contributed by atoms with E-state index in [0.717, 1.165) is 0 Å². The van der Waals surface area contributed by atoms with Gasteiger partial charge in [0.1, 0.15) is 5.75 Å². The van der Waals surface area contributed by atoms with E-state index in [1.54, 1.807) is 13.8 Å². The van der Waals surface area contributed by atoms with Gasteiger partial charge in [-0.05, 0) is 55.7 Å². The number of benzene rings is 2. The van der Waals surface area contributed by atoms with E-state index in [4.69, 9.17) is 14.7 Å². The van der Waals surface area contributed by atoms with E-state index in [9.17, 15) is 18.2 Å². The molecule has 0 aromatic heterocycles. The second kappa shape index (κ2) is 8.14. The monoisotopic (exact) mass is 387 g/mol. The van der Waals surface area contributed by atoms with Crippen LogP contribution in [0.15, 0.2) is 24.3 Å². The number of rotatable bonds is 7. The molecule has 2 rings (SSSR count). The van der Waals surface area contributed by atoms with E-state index in [1.807, 2.05) is 6.92 Å². The topological polar surface area (TPSA) is 88.0 Å². The Bertz CT molecular complexity index is 836. The van der Waals surface area contributed by atoms with Gasteiger partial charge in [0.2, 0.25) is 11.6 Å². The van der Waals surface area contributed by atoms with Crippen LogP contribution >= 0.6 is 7.52 Å². The predicted molar refractivity (Wildman–Crippen MR) is 92.5 cm³/mol. The molecule has 9 heteroatoms. The summed E-state index contributed by atoms with van der Waals surface area (Å²) < 4.78 is 50.7. The van der Waals surface area contributed by atoms with Crippen molar-refractivity contribution in [2.45, 2.75) is 27.2 Å². The van der Waals surface area contributed by atoms with Gasteiger partial charge in [0, 0.05) is 0 Å². The minimum atomic E-state index is -4.12. The lowest BCUT2D eigenvalue weighted by molar-refractivity contribution is 0.226. The molecule has 0 amide bonds. The van der Waals surface area contributed by atoms with Crippen LogP contribution in [0.2, 0.25) is 0 Å². The molecule has 142 valence electrons. The molecule has 0 radical (unpaired) electrons. The molecule has 1 unspecified atom stereocenters. The molecule has 0 bridgehead atoms. The van der Waals surface area contributed by atoms with Crippen molar-refractivity contribution in [1.82, 2.24) is 5.25 Å². The maximum Gasteiger partial charge on any atom is 0.319 e. The van der Waals surface area contributed by atoms with Gasteiger partial charge in [0.25, 0.3) is 0 Å². The summed E-state index contributed by atoms with van der Waals surface area (Å²) >= 11 is 0. The van der Waals surface area contributed by atoms with Crippen LogP contribution in [-0.2, 0) is 4.57 Å². The molecular formula is C17H20F2NO5P. The molecule has 26 heavy (non-hydrogen) atoms. The van der Waals surface area contributed by atoms with Gasteiger partial charge in [-0.3, -0.25) is 4.57 Å². The normalized spacial score (nSPS) is 13.3. The number of hydrogen-bond acceptors (Lipinski definition) is 4. The van der Waals surface area contributed by atoms with Gasteiger partial charge in [-0.15, -0.1) is 5.25 Å². The molecule has 0 aliphatic rings. The fourth-order valence-electron chi connectivity index (χ4n) is 2.35. The average molecular weight is 387 g/mol. The van der Waals surface area contributed by atoms with Gasteiger partial charge < -0.3 is 19.6 Å². The number of ether oxygens (including phenoxy) is 2. The molecule has 2 aromatic carbocycles. The lowest BCUT2D eigenvalue weighted by atomic mass is 10.1. The van der Waals surface area contributed by atoms with E-state index in [2.05, 4.69) is 0 Å². The zero-order chi connectivity index (χ0) is 19.5. The Labute approximate surface area is 149 Å². The first kappa shape index (κ1) is 20.3. The molecule has 0 aliphatic carbocycles. The van der Waals surface area contributed by atoms with Gasteiger partial charge in [-0.2, -0.15) is 8.78 Å². The lowest BCUT2D eigenvalue weighted by Gasteiger charge is -2.17. The molecule has 0 saturated carbocycles. The Morgan fingerprint density at radius 3 is 2.19 bits per heavy atom. The predicted octanol–water partition coefficient (Wildman–Crippen LogP) is 3.95. The summed E-state index contributed by atoms with van der Waals surface area (Å²) in [5, 5.41) is 10.1. The third kappa shape index (κ3) is 4.22. The van der Waals surface area contributed by atoms with Crippen molar-refractivity contribution in [3.8, 4) is 17.2 Å². The molecule has 0 saturated heterocycles. The van der Waals surface area contributed by atoms with E-state index in [0.29, 0.717) is 17.5 Å². The van der Waals surface area contributed by atoms with E-state index < -0.39 is 19.2 Å². The second-order valence-electron chi connectivity index (χ2n) is 5.73. The highest BCUT2D eigenvalue weighted by Gasteiger charge is 2.23. The summed E-state index contributed by atoms with van der Waals surface area (Å²) in [4.78, 5) is 9.64. The van der Waals surface area contributed by atoms with Crippen LogP contribution in [0, 0.1) is 25.5 Å². The quantitative estimate of drug-likeness (QED) is 0.493. The van der Waals surface area contributed by atoms with Gasteiger partial charge >= 0.3 is 7.52 Å². The first-order valence-corrected chi connectivity index (χ1v) is 9.51. The average Bonchev–Trinajstić information content (AvgIpc) is 2.60. The third-order valence-corrected chi connectivity index (χ3v) is 4.85. The van der Waals surface area contributed by atoms with Gasteiger partial charge in [0.05, 0.1) is 11.9 Å². The number of nitrogens with one attached hydrogen (secondary N) is 1. The first-order valence-electron chi connectivity index (χ1n) is 7.85. The van der Waals surface area contributed by atoms with Crippen LogP contribution in [0.25, 0.3) is 0 Å². The molecular weight excluding hydrogens is 367 g/mol. The summed E-state index contributed by atoms with van der Waals surface area (Å²) in [5.74, 6) is -2.65. The van der Waals surface area contributed by atoms with Crippen molar-refractivity contribution in [3.63, 3.8) is 0 Å². The summed E-state index contributed by atoms with van der Waals surface area (Å²) in [6.45, 7) is 5.27. The maximum atomic E-state index is 14.3. The van der Waals surface area contributed by atoms with Crippen LogP contribution < -0.4 is 20.0 Å². The van der Waals surface area contributed by atoms with Crippen molar-refractivity contribution in [2.75, 3.05) is 6.61 Å². The fraction of sp³-hybridized carbons (Fsp3) is 0.294. The molecule has 0 fully saturated rings. The van der Waals surface area contributed by atoms with Crippen LogP contribution in [-0.4, -0.2) is 16.7 Å². The second-order valence-corrected chi connectivity index (χ2v) is 7.59. The number of aryl methyl sites for hydroxylation is 2. The summed E-state index contributed by atoms with van der Waals surface area (Å²) in [6.07, 6.45) is 0.654. The summed E-state index contributed by atoms with van der Waals surface area (Å²) in [7, 11) is -4.12. The maximum absolute atomic E-state index is 14.3. The number of halogens is 2. The Balaban J connectivity index is 2.37. The van der Waals surface area contributed by atoms with Gasteiger partial charge in [-0.1, -0.05) is 6.92 Å². The highest BCUT2D eigenvalue weighted by atomic mass is 31.2. The van der Waals surface area contributed by atoms with Crippen LogP contribution in [0.3, 0.4) is 0 Å². The lowest BCUT2D eigenvalue weighted by Crippen LogP contribution is -2.16. The third-order valence-electron chi connectivity index (χ3n) is 3.62. The molecule has 0 aliphatic heterocycles. The van der Waals surface area contributed by atoms with Crippen LogP contribution in [0.5, 0.6) is 17.2 Å². The summed E-state index contributed by atoms with van der Waals surface area (Å²) in [6, 6.07) is 5.17. The zero-order valence-corrected chi connectivity index (χ0v) is 15.4. The van der Waals surface area contributed by atoms with Crippen molar-refractivity contribution in [1.29, 1.82) is 0 Å². The Morgan fingerprint density at radius 2 is 1.65 bits per heavy atom. The van der Waals surface area contributed by atoms with Crippen molar-refractivity contribution < 1.29 is 32.9 Å². The van der Waals surface area contributed by atoms with Crippen molar-refractivity contribution >= 4 is 12.8 Å². The highest BCUT2D eigenvalue weighted by molar-refractivity contribution is 7.63. The first-order chi connectivity index (χ1) is 12.2. The Hall–Kier alpha value is -1.99. The molecule has 6 nitrogen and oxygen atoms in total. The standard InChI is InChI=1S/C17H20F2NO5P/c1-4-7-24-13-5-6-14(16(19)15(13)18)25-17-10(2)8-12(9-11(17)3)26(22,23)20-21/h5-6,8-9,21H,4,7H2,1-3H3,(H2,20,22,23). The van der Waals surface area contributed by atoms with Crippen LogP contribution in [0.1, 0.15) is 24.5 Å². The minimum absolute atomic E-state index is 0.0442. The number of hydrogen-bond donors (Lipinski definition) is 3. The summed E-state index contributed by atoms with van der Waals surface area (Å²) in [5.41, 5.74) is 0.825. The molecule has 2 aromatic rings. The fourth-order valence-corrected chi connectivity index (χ4v) is 3.20. The van der Waals surface area contributed by atoms with E-state index in [1.165, 1.54) is 29.5 Å². The minimum Gasteiger partial charge on any atom is -0.490 e. The van der Waals surface area contributed by atoms with Crippen molar-refractivity contribution in [3.05, 3.63) is 47.0 Å². The smallest absolute Gasteiger partial charge is 0.319 e. The Morgan fingerprint density at radius 1 is 1.12 bits per heavy atom. The van der Waals surface area contributed by atoms with Gasteiger partial charge in [-0.25, -0.2) is 0 Å². The molecule has 3 N–H and O–H groups in total. The van der Waals surface area contributed by atoms with Crippen molar-refractivity contribution in [2.24, 2.45) is 0 Å². The van der Waals surface area contributed by atoms with Gasteiger partial charge in [0.15, 0.2) is 11.5 Å². The van der Waals surface area contributed by atoms with Crippen LogP contribution in [0.4, 0.5) is 8.78 Å². The molecule has 0 heterocycles. The molecule has 1 atom stereocenters. The zero-order valence-electron chi connectivity index (χ0n) is 14.5. The molecule has 0 spiro atoms. The largest absolute Gasteiger partial charge is 0.490 e.